The Labute approximate surface area is 187 Å². The van der Waals surface area contributed by atoms with Crippen molar-refractivity contribution in [2.45, 2.75) is 38.0 Å². The first-order valence-electron chi connectivity index (χ1n) is 10.8. The van der Waals surface area contributed by atoms with Crippen LogP contribution in [0, 0.1) is 0 Å². The zero-order chi connectivity index (χ0) is 21.6. The predicted molar refractivity (Wildman–Crippen MR) is 123 cm³/mol. The van der Waals surface area contributed by atoms with Crippen molar-refractivity contribution >= 4 is 17.7 Å². The Morgan fingerprint density at radius 2 is 1.87 bits per heavy atom. The molecule has 31 heavy (non-hydrogen) atoms. The molecule has 158 valence electrons. The summed E-state index contributed by atoms with van der Waals surface area (Å²) in [4.78, 5) is 17.2. The van der Waals surface area contributed by atoms with Crippen LogP contribution in [0.25, 0.3) is 11.1 Å². The maximum absolute atomic E-state index is 11.5. The second kappa shape index (κ2) is 7.69. The maximum atomic E-state index is 11.5. The van der Waals surface area contributed by atoms with E-state index in [-0.39, 0.29) is 5.41 Å². The van der Waals surface area contributed by atoms with Gasteiger partial charge in [0.15, 0.2) is 0 Å². The second-order valence-corrected chi connectivity index (χ2v) is 9.34. The molecule has 5 rings (SSSR count). The topological polar surface area (TPSA) is 53.4 Å². The van der Waals surface area contributed by atoms with Gasteiger partial charge in [-0.25, -0.2) is 4.79 Å². The lowest BCUT2D eigenvalue weighted by atomic mass is 9.69. The lowest BCUT2D eigenvalue weighted by Gasteiger charge is -2.41. The van der Waals surface area contributed by atoms with Crippen LogP contribution in [-0.2, 0) is 18.3 Å². The second-order valence-electron chi connectivity index (χ2n) is 8.93. The standard InChI is InChI=1S/C26H25ClN2O2/c1-26(9-12-29(13-10-26)25(30)31)24-19(14-18-8-11-28-16-23(18)27)6-7-21-20-5-3-2-4-17(20)15-22(21)24/h2-8,11,16H,9-10,12-15H2,1H3,(H,30,31). The van der Waals surface area contributed by atoms with Crippen LogP contribution in [0.5, 0.6) is 0 Å². The fourth-order valence-electron chi connectivity index (χ4n) is 5.35. The molecule has 0 spiro atoms. The minimum Gasteiger partial charge on any atom is -0.465 e. The monoisotopic (exact) mass is 432 g/mol. The molecule has 2 heterocycles. The van der Waals surface area contributed by atoms with Crippen molar-refractivity contribution in [2.24, 2.45) is 0 Å². The zero-order valence-corrected chi connectivity index (χ0v) is 18.3. The predicted octanol–water partition coefficient (Wildman–Crippen LogP) is 5.93. The molecule has 0 saturated carbocycles. The molecular formula is C26H25ClN2O2. The van der Waals surface area contributed by atoms with E-state index < -0.39 is 6.09 Å². The number of benzene rings is 2. The van der Waals surface area contributed by atoms with E-state index in [9.17, 15) is 9.90 Å². The van der Waals surface area contributed by atoms with Crippen molar-refractivity contribution in [1.29, 1.82) is 0 Å². The van der Waals surface area contributed by atoms with Crippen LogP contribution >= 0.6 is 11.6 Å². The molecule has 4 nitrogen and oxygen atoms in total. The number of pyridine rings is 1. The summed E-state index contributed by atoms with van der Waals surface area (Å²) < 4.78 is 0. The van der Waals surface area contributed by atoms with E-state index >= 15 is 0 Å². The third-order valence-electron chi connectivity index (χ3n) is 7.05. The van der Waals surface area contributed by atoms with Crippen LogP contribution in [0.1, 0.15) is 47.6 Å². The lowest BCUT2D eigenvalue weighted by Crippen LogP contribution is -2.44. The number of rotatable bonds is 3. The van der Waals surface area contributed by atoms with Gasteiger partial charge in [0.25, 0.3) is 0 Å². The van der Waals surface area contributed by atoms with Gasteiger partial charge in [-0.05, 0) is 76.1 Å². The summed E-state index contributed by atoms with van der Waals surface area (Å²) in [5.41, 5.74) is 9.06. The highest BCUT2D eigenvalue weighted by Gasteiger charge is 2.38. The van der Waals surface area contributed by atoms with E-state index in [0.717, 1.165) is 31.2 Å². The summed E-state index contributed by atoms with van der Waals surface area (Å²) in [6.07, 6.45) is 5.99. The van der Waals surface area contributed by atoms with Crippen molar-refractivity contribution < 1.29 is 9.90 Å². The zero-order valence-electron chi connectivity index (χ0n) is 17.6. The number of piperidine rings is 1. The lowest BCUT2D eigenvalue weighted by molar-refractivity contribution is 0.119. The molecule has 1 aliphatic carbocycles. The fraction of sp³-hybridized carbons (Fsp3) is 0.308. The Bertz CT molecular complexity index is 1170. The number of nitrogens with zero attached hydrogens (tertiary/aromatic N) is 2. The summed E-state index contributed by atoms with van der Waals surface area (Å²) in [7, 11) is 0. The molecule has 1 aliphatic heterocycles. The number of hydrogen-bond acceptors (Lipinski definition) is 2. The number of amides is 1. The first-order chi connectivity index (χ1) is 15.0. The number of aromatic nitrogens is 1. The van der Waals surface area contributed by atoms with Gasteiger partial charge in [0.1, 0.15) is 0 Å². The third kappa shape index (κ3) is 3.49. The Morgan fingerprint density at radius 1 is 1.10 bits per heavy atom. The number of fused-ring (bicyclic) bond motifs is 3. The highest BCUT2D eigenvalue weighted by molar-refractivity contribution is 6.31. The minimum atomic E-state index is -0.823. The summed E-state index contributed by atoms with van der Waals surface area (Å²) in [6, 6.07) is 15.1. The Kier molecular flexibility index (Phi) is 4.98. The molecule has 1 amide bonds. The van der Waals surface area contributed by atoms with Gasteiger partial charge in [-0.3, -0.25) is 4.98 Å². The van der Waals surface area contributed by atoms with Gasteiger partial charge in [0, 0.05) is 25.5 Å². The number of carbonyl (C=O) groups is 1. The van der Waals surface area contributed by atoms with Gasteiger partial charge in [-0.1, -0.05) is 54.9 Å². The fourth-order valence-corrected chi connectivity index (χ4v) is 5.54. The van der Waals surface area contributed by atoms with Gasteiger partial charge < -0.3 is 10.0 Å². The molecule has 1 fully saturated rings. The van der Waals surface area contributed by atoms with Crippen LogP contribution in [0.3, 0.4) is 0 Å². The van der Waals surface area contributed by atoms with Crippen LogP contribution < -0.4 is 0 Å². The molecule has 2 aromatic carbocycles. The van der Waals surface area contributed by atoms with Crippen LogP contribution in [0.15, 0.2) is 54.9 Å². The summed E-state index contributed by atoms with van der Waals surface area (Å²) in [5, 5.41) is 10.1. The highest BCUT2D eigenvalue weighted by Crippen LogP contribution is 2.47. The van der Waals surface area contributed by atoms with E-state index in [0.29, 0.717) is 18.1 Å². The summed E-state index contributed by atoms with van der Waals surface area (Å²) >= 11 is 6.46. The third-order valence-corrected chi connectivity index (χ3v) is 7.39. The van der Waals surface area contributed by atoms with Gasteiger partial charge in [0.05, 0.1) is 5.02 Å². The average Bonchev–Trinajstić information content (AvgIpc) is 3.13. The van der Waals surface area contributed by atoms with Gasteiger partial charge in [-0.2, -0.15) is 0 Å². The molecule has 0 bridgehead atoms. The molecule has 1 N–H and O–H groups in total. The van der Waals surface area contributed by atoms with Crippen molar-refractivity contribution in [3.8, 4) is 11.1 Å². The maximum Gasteiger partial charge on any atom is 0.407 e. The van der Waals surface area contributed by atoms with Crippen molar-refractivity contribution in [2.75, 3.05) is 13.1 Å². The van der Waals surface area contributed by atoms with E-state index in [1.54, 1.807) is 17.3 Å². The normalized spacial score (nSPS) is 16.6. The van der Waals surface area contributed by atoms with E-state index in [4.69, 9.17) is 11.6 Å². The quantitative estimate of drug-likeness (QED) is 0.436. The van der Waals surface area contributed by atoms with Gasteiger partial charge in [-0.15, -0.1) is 0 Å². The Balaban J connectivity index is 1.62. The number of likely N-dealkylation sites (tertiary alicyclic amines) is 1. The number of hydrogen-bond donors (Lipinski definition) is 1. The number of halogens is 1. The Morgan fingerprint density at radius 3 is 2.61 bits per heavy atom. The van der Waals surface area contributed by atoms with Crippen LogP contribution in [0.4, 0.5) is 4.79 Å². The summed E-state index contributed by atoms with van der Waals surface area (Å²) in [6.45, 7) is 3.44. The molecule has 0 atom stereocenters. The van der Waals surface area contributed by atoms with E-state index in [2.05, 4.69) is 48.3 Å². The highest BCUT2D eigenvalue weighted by atomic mass is 35.5. The molecule has 0 unspecified atom stereocenters. The average molecular weight is 433 g/mol. The first-order valence-corrected chi connectivity index (χ1v) is 11.1. The minimum absolute atomic E-state index is 0.0752. The molecule has 0 radical (unpaired) electrons. The molecule has 3 aromatic rings. The van der Waals surface area contributed by atoms with Crippen molar-refractivity contribution in [1.82, 2.24) is 9.88 Å². The van der Waals surface area contributed by atoms with Gasteiger partial charge in [0.2, 0.25) is 0 Å². The largest absolute Gasteiger partial charge is 0.465 e. The smallest absolute Gasteiger partial charge is 0.407 e. The van der Waals surface area contributed by atoms with Crippen molar-refractivity contribution in [3.63, 3.8) is 0 Å². The number of carboxylic acid groups (broad SMARTS) is 1. The van der Waals surface area contributed by atoms with E-state index in [1.165, 1.54) is 33.4 Å². The molecule has 2 aliphatic rings. The molecule has 1 saturated heterocycles. The van der Waals surface area contributed by atoms with Gasteiger partial charge >= 0.3 is 6.09 Å². The molecule has 5 heteroatoms. The Hall–Kier alpha value is -2.85. The molecule has 1 aromatic heterocycles. The van der Waals surface area contributed by atoms with Crippen LogP contribution in [-0.4, -0.2) is 34.2 Å². The summed E-state index contributed by atoms with van der Waals surface area (Å²) in [5.74, 6) is 0. The SMILES string of the molecule is CC1(c2c(Cc3ccncc3Cl)ccc3c2Cc2ccccc2-3)CCN(C(=O)O)CC1. The van der Waals surface area contributed by atoms with E-state index in [1.807, 2.05) is 6.07 Å². The van der Waals surface area contributed by atoms with Crippen molar-refractivity contribution in [3.05, 3.63) is 87.7 Å². The first kappa shape index (κ1) is 20.1. The van der Waals surface area contributed by atoms with Crippen LogP contribution in [0.2, 0.25) is 5.02 Å². The molecular weight excluding hydrogens is 408 g/mol.